The van der Waals surface area contributed by atoms with E-state index >= 15 is 0 Å². The van der Waals surface area contributed by atoms with Crippen LogP contribution in [0.5, 0.6) is 6.01 Å². The lowest BCUT2D eigenvalue weighted by molar-refractivity contribution is 0.373. The highest BCUT2D eigenvalue weighted by molar-refractivity contribution is 7.99. The Labute approximate surface area is 118 Å². The summed E-state index contributed by atoms with van der Waals surface area (Å²) in [6.45, 7) is 2.57. The molecule has 2 rings (SSSR count). The number of nitrogen functional groups attached to an aromatic ring is 1. The van der Waals surface area contributed by atoms with Crippen LogP contribution in [-0.4, -0.2) is 38.6 Å². The highest BCUT2D eigenvalue weighted by atomic mass is 32.2. The van der Waals surface area contributed by atoms with Crippen LogP contribution in [-0.2, 0) is 0 Å². The molecule has 2 heterocycles. The van der Waals surface area contributed by atoms with Crippen molar-refractivity contribution in [2.24, 2.45) is 0 Å². The van der Waals surface area contributed by atoms with E-state index in [9.17, 15) is 4.79 Å². The average molecular weight is 295 g/mol. The van der Waals surface area contributed by atoms with E-state index in [1.165, 1.54) is 13.2 Å². The van der Waals surface area contributed by atoms with Crippen LogP contribution >= 0.6 is 11.8 Å². The lowest BCUT2D eigenvalue weighted by Gasteiger charge is -2.06. The molecule has 2 aromatic rings. The van der Waals surface area contributed by atoms with Gasteiger partial charge in [0.2, 0.25) is 11.1 Å². The smallest absolute Gasteiger partial charge is 0.321 e. The molecule has 4 N–H and O–H groups in total. The summed E-state index contributed by atoms with van der Waals surface area (Å²) in [5.41, 5.74) is 5.17. The molecular weight excluding hydrogens is 282 g/mol. The molecular formula is C10H13N7O2S. The van der Waals surface area contributed by atoms with E-state index in [4.69, 9.17) is 10.5 Å². The van der Waals surface area contributed by atoms with Crippen LogP contribution in [0.1, 0.15) is 6.92 Å². The second kappa shape index (κ2) is 6.19. The zero-order valence-electron chi connectivity index (χ0n) is 10.9. The molecule has 9 nitrogen and oxygen atoms in total. The van der Waals surface area contributed by atoms with Crippen LogP contribution in [0.4, 0.5) is 11.8 Å². The number of nitrogens with zero attached hydrogens (tertiary/aromatic N) is 4. The third kappa shape index (κ3) is 3.57. The average Bonchev–Trinajstić information content (AvgIpc) is 2.37. The number of ether oxygens (including phenoxy) is 1. The van der Waals surface area contributed by atoms with Gasteiger partial charge in [-0.05, 0) is 18.7 Å². The molecule has 2 aromatic heterocycles. The number of nitrogens with one attached hydrogen (secondary N) is 2. The number of anilines is 2. The van der Waals surface area contributed by atoms with Crippen molar-refractivity contribution in [2.75, 3.05) is 24.7 Å². The summed E-state index contributed by atoms with van der Waals surface area (Å²) in [5.74, 6) is 0.511. The molecule has 106 valence electrons. The Kier molecular flexibility index (Phi) is 4.35. The summed E-state index contributed by atoms with van der Waals surface area (Å²) in [4.78, 5) is 30.1. The molecule has 20 heavy (non-hydrogen) atoms. The van der Waals surface area contributed by atoms with Gasteiger partial charge in [0.1, 0.15) is 5.82 Å². The van der Waals surface area contributed by atoms with Crippen molar-refractivity contribution in [1.29, 1.82) is 0 Å². The van der Waals surface area contributed by atoms with Crippen LogP contribution in [0.2, 0.25) is 0 Å². The van der Waals surface area contributed by atoms with Crippen molar-refractivity contribution in [3.05, 3.63) is 16.4 Å². The minimum Gasteiger partial charge on any atom is -0.467 e. The van der Waals surface area contributed by atoms with Crippen LogP contribution in [0.3, 0.4) is 0 Å². The van der Waals surface area contributed by atoms with Crippen LogP contribution < -0.4 is 21.3 Å². The standard InChI is InChI=1S/C10H13N7O2S/c1-3-12-7-15-8(19-2)17-10(16-7)20-9-13-5(11)4-6(18)14-9/h4H,3H2,1-2H3,(H3,11,13,14,18)(H,12,15,16,17). The summed E-state index contributed by atoms with van der Waals surface area (Å²) in [6, 6.07) is 1.37. The fourth-order valence-corrected chi connectivity index (χ4v) is 2.03. The molecule has 0 bridgehead atoms. The molecule has 0 saturated carbocycles. The van der Waals surface area contributed by atoms with Gasteiger partial charge in [-0.1, -0.05) is 0 Å². The fourth-order valence-electron chi connectivity index (χ4n) is 1.30. The van der Waals surface area contributed by atoms with Crippen molar-refractivity contribution in [3.63, 3.8) is 0 Å². The Morgan fingerprint density at radius 1 is 1.40 bits per heavy atom. The van der Waals surface area contributed by atoms with E-state index in [0.717, 1.165) is 11.8 Å². The molecule has 0 atom stereocenters. The fraction of sp³-hybridized carbons (Fsp3) is 0.300. The Balaban J connectivity index is 2.31. The van der Waals surface area contributed by atoms with E-state index in [2.05, 4.69) is 30.2 Å². The molecule has 0 aliphatic carbocycles. The molecule has 0 unspecified atom stereocenters. The maximum atomic E-state index is 11.3. The SMILES string of the molecule is CCNc1nc(OC)nc(Sc2nc(N)cc(=O)[nH]2)n1. The summed E-state index contributed by atoms with van der Waals surface area (Å²) in [5, 5.41) is 3.59. The summed E-state index contributed by atoms with van der Waals surface area (Å²) >= 11 is 1.06. The summed E-state index contributed by atoms with van der Waals surface area (Å²) in [7, 11) is 1.46. The highest BCUT2D eigenvalue weighted by Gasteiger charge is 2.10. The number of rotatable bonds is 5. The Hall–Kier alpha value is -2.36. The lowest BCUT2D eigenvalue weighted by Crippen LogP contribution is -2.10. The van der Waals surface area contributed by atoms with E-state index in [0.29, 0.717) is 22.8 Å². The van der Waals surface area contributed by atoms with Gasteiger partial charge in [-0.3, -0.25) is 4.79 Å². The van der Waals surface area contributed by atoms with Gasteiger partial charge in [0.05, 0.1) is 7.11 Å². The Bertz CT molecular complexity index is 660. The van der Waals surface area contributed by atoms with Gasteiger partial charge >= 0.3 is 6.01 Å². The number of aromatic nitrogens is 5. The third-order valence-corrected chi connectivity index (χ3v) is 2.79. The molecule has 0 aliphatic rings. The quantitative estimate of drug-likeness (QED) is 0.658. The molecule has 0 fully saturated rings. The van der Waals surface area contributed by atoms with Gasteiger partial charge in [0.15, 0.2) is 5.16 Å². The molecule has 0 amide bonds. The zero-order chi connectivity index (χ0) is 14.5. The third-order valence-electron chi connectivity index (χ3n) is 2.04. The van der Waals surface area contributed by atoms with E-state index in [1.54, 1.807) is 0 Å². The first kappa shape index (κ1) is 14.1. The second-order valence-electron chi connectivity index (χ2n) is 3.54. The van der Waals surface area contributed by atoms with Crippen molar-refractivity contribution in [1.82, 2.24) is 24.9 Å². The molecule has 0 spiro atoms. The van der Waals surface area contributed by atoms with Gasteiger partial charge < -0.3 is 20.8 Å². The minimum absolute atomic E-state index is 0.129. The number of H-pyrrole nitrogens is 1. The predicted octanol–water partition coefficient (Wildman–Crippen LogP) is 0.129. The van der Waals surface area contributed by atoms with Crippen molar-refractivity contribution in [2.45, 2.75) is 17.2 Å². The number of hydrogen-bond donors (Lipinski definition) is 3. The van der Waals surface area contributed by atoms with Crippen molar-refractivity contribution < 1.29 is 4.74 Å². The molecule has 0 saturated heterocycles. The molecule has 10 heteroatoms. The number of nitrogens with two attached hydrogens (primary N) is 1. The van der Waals surface area contributed by atoms with Gasteiger partial charge in [-0.15, -0.1) is 0 Å². The van der Waals surface area contributed by atoms with Crippen LogP contribution in [0.15, 0.2) is 21.2 Å². The van der Waals surface area contributed by atoms with Crippen molar-refractivity contribution in [3.8, 4) is 6.01 Å². The van der Waals surface area contributed by atoms with Gasteiger partial charge in [0, 0.05) is 12.6 Å². The number of methoxy groups -OCH3 is 1. The second-order valence-corrected chi connectivity index (χ2v) is 4.49. The first-order valence-corrected chi connectivity index (χ1v) is 6.51. The number of hydrogen-bond acceptors (Lipinski definition) is 9. The van der Waals surface area contributed by atoms with Crippen molar-refractivity contribution >= 4 is 23.5 Å². The zero-order valence-corrected chi connectivity index (χ0v) is 11.7. The molecule has 0 aromatic carbocycles. The minimum atomic E-state index is -0.340. The first-order chi connectivity index (χ1) is 9.60. The normalized spacial score (nSPS) is 10.3. The monoisotopic (exact) mass is 295 g/mol. The topological polar surface area (TPSA) is 132 Å². The van der Waals surface area contributed by atoms with E-state index in [-0.39, 0.29) is 17.4 Å². The van der Waals surface area contributed by atoms with Gasteiger partial charge in [0.25, 0.3) is 5.56 Å². The highest BCUT2D eigenvalue weighted by Crippen LogP contribution is 2.22. The van der Waals surface area contributed by atoms with Gasteiger partial charge in [-0.25, -0.2) is 4.98 Å². The Morgan fingerprint density at radius 3 is 2.85 bits per heavy atom. The number of aromatic amines is 1. The summed E-state index contributed by atoms with van der Waals surface area (Å²) in [6.07, 6.45) is 0. The van der Waals surface area contributed by atoms with Gasteiger partial charge in [-0.2, -0.15) is 15.0 Å². The van der Waals surface area contributed by atoms with Crippen LogP contribution in [0.25, 0.3) is 0 Å². The maximum Gasteiger partial charge on any atom is 0.321 e. The predicted molar refractivity (Wildman–Crippen MR) is 73.9 cm³/mol. The maximum absolute atomic E-state index is 11.3. The summed E-state index contributed by atoms with van der Waals surface area (Å²) < 4.78 is 4.99. The first-order valence-electron chi connectivity index (χ1n) is 5.69. The molecule has 0 radical (unpaired) electrons. The van der Waals surface area contributed by atoms with Crippen LogP contribution in [0, 0.1) is 0 Å². The molecule has 0 aliphatic heterocycles. The Morgan fingerprint density at radius 2 is 2.20 bits per heavy atom. The van der Waals surface area contributed by atoms with E-state index in [1.807, 2.05) is 6.92 Å². The lowest BCUT2D eigenvalue weighted by atomic mass is 10.6. The van der Waals surface area contributed by atoms with E-state index < -0.39 is 0 Å². The largest absolute Gasteiger partial charge is 0.467 e.